The van der Waals surface area contributed by atoms with Crippen molar-refractivity contribution in [3.63, 3.8) is 0 Å². The van der Waals surface area contributed by atoms with E-state index in [1.807, 2.05) is 22.7 Å². The number of thiophene rings is 2. The minimum absolute atomic E-state index is 1.16. The molecule has 3 heterocycles. The van der Waals surface area contributed by atoms with E-state index in [0.29, 0.717) is 0 Å². The quantitative estimate of drug-likeness (QED) is 0.164. The Morgan fingerprint density at radius 2 is 1.06 bits per heavy atom. The van der Waals surface area contributed by atoms with Crippen molar-refractivity contribution in [2.45, 2.75) is 13.1 Å². The molecular weight excluding hydrogens is 683 g/mol. The second kappa shape index (κ2) is 11.2. The summed E-state index contributed by atoms with van der Waals surface area (Å²) in [5.74, 6) is 0. The molecule has 0 fully saturated rings. The minimum atomic E-state index is -2.00. The maximum absolute atomic E-state index is 2.54. The van der Waals surface area contributed by atoms with Crippen molar-refractivity contribution in [2.75, 3.05) is 4.90 Å². The van der Waals surface area contributed by atoms with Gasteiger partial charge in [-0.05, 0) is 98.0 Å². The summed E-state index contributed by atoms with van der Waals surface area (Å²) < 4.78 is 5.39. The average Bonchev–Trinajstić information content (AvgIpc) is 3.82. The van der Waals surface area contributed by atoms with Crippen molar-refractivity contribution in [1.29, 1.82) is 0 Å². The molecule has 2 aromatic heterocycles. The molecule has 0 N–H and O–H groups in total. The van der Waals surface area contributed by atoms with E-state index in [4.69, 9.17) is 0 Å². The molecule has 52 heavy (non-hydrogen) atoms. The van der Waals surface area contributed by atoms with Gasteiger partial charge in [-0.15, -0.1) is 22.7 Å². The Morgan fingerprint density at radius 1 is 0.423 bits per heavy atom. The third kappa shape index (κ3) is 4.38. The van der Waals surface area contributed by atoms with Crippen molar-refractivity contribution in [3.8, 4) is 22.3 Å². The van der Waals surface area contributed by atoms with Gasteiger partial charge in [0, 0.05) is 57.4 Å². The van der Waals surface area contributed by atoms with Gasteiger partial charge >= 0.3 is 0 Å². The molecule has 1 aliphatic rings. The first-order chi connectivity index (χ1) is 25.5. The van der Waals surface area contributed by atoms with Crippen molar-refractivity contribution >= 4 is 109 Å². The summed E-state index contributed by atoms with van der Waals surface area (Å²) in [6.45, 7) is 5.07. The molecular formula is C48H33NS2Si. The molecule has 0 spiro atoms. The van der Waals surface area contributed by atoms with E-state index in [-0.39, 0.29) is 0 Å². The molecule has 8 aromatic carbocycles. The molecule has 4 heteroatoms. The first-order valence-electron chi connectivity index (χ1n) is 17.9. The molecule has 0 radical (unpaired) electrons. The van der Waals surface area contributed by atoms with Crippen LogP contribution >= 0.6 is 22.7 Å². The van der Waals surface area contributed by atoms with E-state index in [9.17, 15) is 0 Å². The lowest BCUT2D eigenvalue weighted by Crippen LogP contribution is -2.49. The Balaban J connectivity index is 1.10. The van der Waals surface area contributed by atoms with Crippen LogP contribution in [0.3, 0.4) is 0 Å². The summed E-state index contributed by atoms with van der Waals surface area (Å²) in [6.07, 6.45) is 0. The van der Waals surface area contributed by atoms with Crippen LogP contribution in [0.15, 0.2) is 164 Å². The third-order valence-electron chi connectivity index (χ3n) is 11.3. The van der Waals surface area contributed by atoms with Gasteiger partial charge in [-0.25, -0.2) is 0 Å². The van der Waals surface area contributed by atoms with Crippen LogP contribution in [0.1, 0.15) is 0 Å². The summed E-state index contributed by atoms with van der Waals surface area (Å²) >= 11 is 3.80. The summed E-state index contributed by atoms with van der Waals surface area (Å²) in [4.78, 5) is 2.47. The van der Waals surface area contributed by atoms with Crippen LogP contribution in [0.4, 0.5) is 17.1 Å². The Morgan fingerprint density at radius 3 is 1.90 bits per heavy atom. The van der Waals surface area contributed by atoms with Gasteiger partial charge in [-0.1, -0.05) is 122 Å². The molecule has 1 aliphatic heterocycles. The van der Waals surface area contributed by atoms with Gasteiger partial charge in [0.1, 0.15) is 8.07 Å². The normalized spacial score (nSPS) is 13.3. The largest absolute Gasteiger partial charge is 0.310 e. The Labute approximate surface area is 311 Å². The molecule has 10 aromatic rings. The van der Waals surface area contributed by atoms with E-state index >= 15 is 0 Å². The highest BCUT2D eigenvalue weighted by molar-refractivity contribution is 7.26. The fourth-order valence-electron chi connectivity index (χ4n) is 8.74. The van der Waals surface area contributed by atoms with E-state index in [1.54, 1.807) is 5.19 Å². The van der Waals surface area contributed by atoms with Crippen LogP contribution in [0.5, 0.6) is 0 Å². The van der Waals surface area contributed by atoms with Crippen LogP contribution in [-0.2, 0) is 0 Å². The zero-order valence-electron chi connectivity index (χ0n) is 28.9. The molecule has 0 saturated carbocycles. The molecule has 0 unspecified atom stereocenters. The monoisotopic (exact) mass is 715 g/mol. The number of nitrogens with zero attached hydrogens (tertiary/aromatic N) is 1. The van der Waals surface area contributed by atoms with Gasteiger partial charge in [0.2, 0.25) is 0 Å². The number of hydrogen-bond acceptors (Lipinski definition) is 3. The standard InChI is InChI=1S/C48H33NS2Si/c1-52(2)45-27-26-43-47(39-14-6-8-17-42(39)50-43)48(45)40-25-23-34(29-46(40)52)49(33-22-24-38-37-13-5-7-16-41(37)51-44(38)28-33)32-20-18-31(19-21-32)36-15-9-11-30-10-3-4-12-35(30)36/h3-29H,1-2H3. The van der Waals surface area contributed by atoms with E-state index in [1.165, 1.54) is 89.9 Å². The molecule has 0 aliphatic carbocycles. The fourth-order valence-corrected chi connectivity index (χ4v) is 14.1. The van der Waals surface area contributed by atoms with Gasteiger partial charge in [-0.3, -0.25) is 0 Å². The maximum atomic E-state index is 2.54. The number of anilines is 3. The Bertz CT molecular complexity index is 3050. The highest BCUT2D eigenvalue weighted by Crippen LogP contribution is 2.45. The predicted molar refractivity (Wildman–Crippen MR) is 232 cm³/mol. The fraction of sp³-hybridized carbons (Fsp3) is 0.0417. The number of rotatable bonds is 4. The van der Waals surface area contributed by atoms with Crippen molar-refractivity contribution in [1.82, 2.24) is 0 Å². The van der Waals surface area contributed by atoms with Crippen LogP contribution < -0.4 is 15.3 Å². The third-order valence-corrected chi connectivity index (χ3v) is 17.1. The lowest BCUT2D eigenvalue weighted by Gasteiger charge is -2.28. The summed E-state index contributed by atoms with van der Waals surface area (Å²) in [5, 5.41) is 11.1. The van der Waals surface area contributed by atoms with Crippen LogP contribution in [-0.4, -0.2) is 8.07 Å². The van der Waals surface area contributed by atoms with Gasteiger partial charge < -0.3 is 4.90 Å². The predicted octanol–water partition coefficient (Wildman–Crippen LogP) is 13.5. The summed E-state index contributed by atoms with van der Waals surface area (Å²) in [5.41, 5.74) is 8.91. The zero-order valence-corrected chi connectivity index (χ0v) is 31.5. The van der Waals surface area contributed by atoms with Crippen LogP contribution in [0.25, 0.3) is 73.4 Å². The Kier molecular flexibility index (Phi) is 6.51. The first kappa shape index (κ1) is 30.1. The van der Waals surface area contributed by atoms with Gasteiger partial charge in [-0.2, -0.15) is 0 Å². The Hall–Kier alpha value is -5.52. The lowest BCUT2D eigenvalue weighted by atomic mass is 9.98. The lowest BCUT2D eigenvalue weighted by molar-refractivity contribution is 1.29. The van der Waals surface area contributed by atoms with E-state index < -0.39 is 8.07 Å². The van der Waals surface area contributed by atoms with Crippen molar-refractivity contribution in [3.05, 3.63) is 164 Å². The zero-order chi connectivity index (χ0) is 34.6. The van der Waals surface area contributed by atoms with E-state index in [0.717, 1.165) is 5.69 Å². The molecule has 11 rings (SSSR count). The molecule has 0 amide bonds. The number of fused-ring (bicyclic) bond motifs is 11. The second-order valence-electron chi connectivity index (χ2n) is 14.5. The second-order valence-corrected chi connectivity index (χ2v) is 21.0. The smallest absolute Gasteiger partial charge is 0.113 e. The molecule has 0 bridgehead atoms. The first-order valence-corrected chi connectivity index (χ1v) is 22.6. The average molecular weight is 716 g/mol. The van der Waals surface area contributed by atoms with Crippen LogP contribution in [0.2, 0.25) is 13.1 Å². The topological polar surface area (TPSA) is 3.24 Å². The molecule has 0 saturated heterocycles. The van der Waals surface area contributed by atoms with Crippen LogP contribution in [0, 0.1) is 0 Å². The summed E-state index contributed by atoms with van der Waals surface area (Å²) in [6, 6.07) is 61.3. The van der Waals surface area contributed by atoms with Crippen molar-refractivity contribution < 1.29 is 0 Å². The summed E-state index contributed by atoms with van der Waals surface area (Å²) in [7, 11) is -2.00. The number of hydrogen-bond donors (Lipinski definition) is 0. The molecule has 0 atom stereocenters. The molecule has 246 valence electrons. The molecule has 1 nitrogen and oxygen atoms in total. The van der Waals surface area contributed by atoms with E-state index in [2.05, 4.69) is 182 Å². The maximum Gasteiger partial charge on any atom is 0.113 e. The van der Waals surface area contributed by atoms with Gasteiger partial charge in [0.05, 0.1) is 0 Å². The van der Waals surface area contributed by atoms with Gasteiger partial charge in [0.15, 0.2) is 0 Å². The number of benzene rings is 8. The minimum Gasteiger partial charge on any atom is -0.310 e. The van der Waals surface area contributed by atoms with Crippen molar-refractivity contribution in [2.24, 2.45) is 0 Å². The SMILES string of the molecule is C[Si]1(C)c2cc(N(c3ccc(-c4cccc5ccccc45)cc3)c3ccc4c(c3)sc3ccccc34)ccc2-c2c1ccc1sc3ccccc3c21. The van der Waals surface area contributed by atoms with Gasteiger partial charge in [0.25, 0.3) is 0 Å². The highest BCUT2D eigenvalue weighted by Gasteiger charge is 2.39. The highest BCUT2D eigenvalue weighted by atomic mass is 32.1.